The van der Waals surface area contributed by atoms with Crippen molar-refractivity contribution in [2.75, 3.05) is 20.3 Å². The Labute approximate surface area is 119 Å². The molecular weight excluding hydrogens is 282 g/mol. The van der Waals surface area contributed by atoms with E-state index in [1.165, 1.54) is 0 Å². The zero-order valence-corrected chi connectivity index (χ0v) is 13.2. The summed E-state index contributed by atoms with van der Waals surface area (Å²) in [6.45, 7) is 5.97. The Balaban J connectivity index is 2.83. The Morgan fingerprint density at radius 3 is 2.65 bits per heavy atom. The van der Waals surface area contributed by atoms with Crippen LogP contribution in [-0.2, 0) is 21.4 Å². The van der Waals surface area contributed by atoms with Gasteiger partial charge in [-0.3, -0.25) is 5.10 Å². The number of aryl methyl sites for hydroxylation is 1. The second-order valence-corrected chi connectivity index (χ2v) is 7.22. The Hall–Kier alpha value is -0.960. The average Bonchev–Trinajstić information content (AvgIpc) is 2.76. The van der Waals surface area contributed by atoms with Gasteiger partial charge < -0.3 is 9.84 Å². The number of aliphatic hydroxyl groups excluding tert-OH is 1. The van der Waals surface area contributed by atoms with Gasteiger partial charge in [-0.2, -0.15) is 5.10 Å². The number of nitrogens with one attached hydrogen (secondary N) is 2. The zero-order chi connectivity index (χ0) is 15.4. The van der Waals surface area contributed by atoms with Gasteiger partial charge in [0, 0.05) is 20.3 Å². The molecule has 8 heteroatoms. The molecule has 116 valence electrons. The van der Waals surface area contributed by atoms with E-state index >= 15 is 0 Å². The van der Waals surface area contributed by atoms with Crippen LogP contribution in [0.2, 0.25) is 0 Å². The summed E-state index contributed by atoms with van der Waals surface area (Å²) in [5.41, 5.74) is 0.320. The second-order valence-electron chi connectivity index (χ2n) is 5.51. The predicted octanol–water partition coefficient (Wildman–Crippen LogP) is 0.551. The first-order chi connectivity index (χ1) is 9.23. The molecule has 7 nitrogen and oxygen atoms in total. The van der Waals surface area contributed by atoms with Crippen LogP contribution >= 0.6 is 0 Å². The average molecular weight is 305 g/mol. The molecule has 0 fully saturated rings. The molecule has 20 heavy (non-hydrogen) atoms. The van der Waals surface area contributed by atoms with Crippen molar-refractivity contribution < 1.29 is 18.3 Å². The second kappa shape index (κ2) is 6.66. The number of aliphatic hydroxyl groups is 1. The predicted molar refractivity (Wildman–Crippen MR) is 74.7 cm³/mol. The lowest BCUT2D eigenvalue weighted by Gasteiger charge is -2.24. The minimum Gasteiger partial charge on any atom is -0.390 e. The molecule has 3 N–H and O–H groups in total. The minimum atomic E-state index is -3.69. The van der Waals surface area contributed by atoms with Crippen molar-refractivity contribution in [3.05, 3.63) is 11.4 Å². The summed E-state index contributed by atoms with van der Waals surface area (Å²) in [5, 5.41) is 15.5. The zero-order valence-electron chi connectivity index (χ0n) is 12.4. The lowest BCUT2D eigenvalue weighted by molar-refractivity contribution is 0.153. The maximum Gasteiger partial charge on any atom is 0.244 e. The molecule has 0 aliphatic rings. The number of aromatic nitrogens is 2. The van der Waals surface area contributed by atoms with E-state index in [1.807, 2.05) is 13.8 Å². The molecule has 0 aromatic carbocycles. The largest absolute Gasteiger partial charge is 0.390 e. The monoisotopic (exact) mass is 305 g/mol. The van der Waals surface area contributed by atoms with Gasteiger partial charge >= 0.3 is 0 Å². The fourth-order valence-electron chi connectivity index (χ4n) is 1.76. The maximum absolute atomic E-state index is 12.3. The highest BCUT2D eigenvalue weighted by Crippen LogP contribution is 2.22. The molecule has 0 aliphatic heterocycles. The maximum atomic E-state index is 12.3. The van der Waals surface area contributed by atoms with Crippen molar-refractivity contribution in [1.29, 1.82) is 0 Å². The van der Waals surface area contributed by atoms with Gasteiger partial charge in [0.05, 0.1) is 12.3 Å². The van der Waals surface area contributed by atoms with Crippen molar-refractivity contribution in [3.8, 4) is 0 Å². The first-order valence-electron chi connectivity index (χ1n) is 6.37. The molecule has 0 saturated carbocycles. The Morgan fingerprint density at radius 2 is 2.10 bits per heavy atom. The van der Waals surface area contributed by atoms with Crippen LogP contribution in [0.5, 0.6) is 0 Å². The summed E-state index contributed by atoms with van der Waals surface area (Å²) in [5.74, 6) is 0. The van der Waals surface area contributed by atoms with E-state index < -0.39 is 16.6 Å². The van der Waals surface area contributed by atoms with Crippen molar-refractivity contribution in [2.45, 2.75) is 38.7 Å². The molecule has 1 rings (SSSR count). The quantitative estimate of drug-likeness (QED) is 0.650. The number of H-pyrrole nitrogens is 1. The molecule has 0 radical (unpaired) electrons. The topological polar surface area (TPSA) is 104 Å². The van der Waals surface area contributed by atoms with E-state index in [0.29, 0.717) is 12.3 Å². The first-order valence-corrected chi connectivity index (χ1v) is 7.85. The number of rotatable bonds is 8. The van der Waals surface area contributed by atoms with Crippen molar-refractivity contribution in [2.24, 2.45) is 5.41 Å². The van der Waals surface area contributed by atoms with Gasteiger partial charge in [0.15, 0.2) is 0 Å². The van der Waals surface area contributed by atoms with E-state index in [4.69, 9.17) is 9.84 Å². The Morgan fingerprint density at radius 1 is 1.45 bits per heavy atom. The highest BCUT2D eigenvalue weighted by molar-refractivity contribution is 7.89. The van der Waals surface area contributed by atoms with Gasteiger partial charge in [0.1, 0.15) is 10.6 Å². The van der Waals surface area contributed by atoms with Gasteiger partial charge in [-0.1, -0.05) is 13.8 Å². The summed E-state index contributed by atoms with van der Waals surface area (Å²) in [6, 6.07) is 0. The van der Waals surface area contributed by atoms with Crippen LogP contribution in [0, 0.1) is 12.3 Å². The van der Waals surface area contributed by atoms with Crippen LogP contribution in [0.15, 0.2) is 4.90 Å². The van der Waals surface area contributed by atoms with E-state index in [2.05, 4.69) is 14.9 Å². The van der Waals surface area contributed by atoms with Crippen molar-refractivity contribution in [3.63, 3.8) is 0 Å². The summed E-state index contributed by atoms with van der Waals surface area (Å²) in [7, 11) is -2.08. The molecule has 0 unspecified atom stereocenters. The number of hydrogen-bond donors (Lipinski definition) is 3. The minimum absolute atomic E-state index is 0.0301. The van der Waals surface area contributed by atoms with Crippen LogP contribution in [0.3, 0.4) is 0 Å². The van der Waals surface area contributed by atoms with Crippen molar-refractivity contribution >= 4 is 10.0 Å². The summed E-state index contributed by atoms with van der Waals surface area (Å²) in [4.78, 5) is 0.0301. The fraction of sp³-hybridized carbons (Fsp3) is 0.750. The van der Waals surface area contributed by atoms with Gasteiger partial charge in [-0.25, -0.2) is 13.1 Å². The van der Waals surface area contributed by atoms with E-state index in [9.17, 15) is 8.42 Å². The highest BCUT2D eigenvalue weighted by Gasteiger charge is 2.27. The summed E-state index contributed by atoms with van der Waals surface area (Å²) < 4.78 is 32.2. The number of hydrogen-bond acceptors (Lipinski definition) is 5. The number of sulfonamides is 1. The van der Waals surface area contributed by atoms with Crippen LogP contribution in [0.25, 0.3) is 0 Å². The molecule has 0 bridgehead atoms. The smallest absolute Gasteiger partial charge is 0.244 e. The van der Waals surface area contributed by atoms with Crippen LogP contribution in [0.4, 0.5) is 0 Å². The normalized spacial score (nSPS) is 12.8. The van der Waals surface area contributed by atoms with Gasteiger partial charge in [-0.05, 0) is 18.8 Å². The SMILES string of the molecule is COCCC(C)(C)CNS(=O)(=O)c1c(CO)n[nH]c1C. The van der Waals surface area contributed by atoms with Crippen LogP contribution < -0.4 is 4.72 Å². The van der Waals surface area contributed by atoms with E-state index in [0.717, 1.165) is 6.42 Å². The fourth-order valence-corrected chi connectivity index (χ4v) is 3.36. The molecule has 1 aromatic heterocycles. The van der Waals surface area contributed by atoms with Gasteiger partial charge in [-0.15, -0.1) is 0 Å². The van der Waals surface area contributed by atoms with Crippen molar-refractivity contribution in [1.82, 2.24) is 14.9 Å². The van der Waals surface area contributed by atoms with Crippen LogP contribution in [0.1, 0.15) is 31.7 Å². The Kier molecular flexibility index (Phi) is 5.69. The third-order valence-electron chi connectivity index (χ3n) is 3.10. The molecule has 0 aliphatic carbocycles. The Bertz CT molecular complexity index is 537. The third kappa shape index (κ3) is 4.27. The summed E-state index contributed by atoms with van der Waals surface area (Å²) >= 11 is 0. The van der Waals surface area contributed by atoms with Crippen LogP contribution in [-0.4, -0.2) is 44.0 Å². The van der Waals surface area contributed by atoms with Gasteiger partial charge in [0.25, 0.3) is 0 Å². The lowest BCUT2D eigenvalue weighted by atomic mass is 9.90. The number of methoxy groups -OCH3 is 1. The molecule has 0 atom stereocenters. The molecule has 1 aromatic rings. The molecule has 0 amide bonds. The molecule has 1 heterocycles. The molecule has 0 saturated heterocycles. The van der Waals surface area contributed by atoms with E-state index in [1.54, 1.807) is 14.0 Å². The molecular formula is C12H23N3O4S. The first kappa shape index (κ1) is 17.1. The number of nitrogens with zero attached hydrogens (tertiary/aromatic N) is 1. The highest BCUT2D eigenvalue weighted by atomic mass is 32.2. The van der Waals surface area contributed by atoms with Gasteiger partial charge in [0.2, 0.25) is 10.0 Å². The standard InChI is InChI=1S/C12H23N3O4S/c1-9-11(10(7-16)15-14-9)20(17,18)13-8-12(2,3)5-6-19-4/h13,16H,5-8H2,1-4H3,(H,14,15). The summed E-state index contributed by atoms with van der Waals surface area (Å²) in [6.07, 6.45) is 0.739. The molecule has 0 spiro atoms. The number of ether oxygens (including phenoxy) is 1. The lowest BCUT2D eigenvalue weighted by Crippen LogP contribution is -2.35. The number of aromatic amines is 1. The third-order valence-corrected chi connectivity index (χ3v) is 4.71. The van der Waals surface area contributed by atoms with E-state index in [-0.39, 0.29) is 22.5 Å².